The van der Waals surface area contributed by atoms with Crippen molar-refractivity contribution in [3.05, 3.63) is 0 Å². The minimum atomic E-state index is -1.12. The minimum Gasteiger partial charge on any atom is -0.480 e. The Labute approximate surface area is 178 Å². The molecule has 0 rings (SSSR count). The Kier molecular flexibility index (Phi) is 21.3. The van der Waals surface area contributed by atoms with Crippen LogP contribution in [-0.2, 0) is 42.7 Å². The smallest absolute Gasteiger partial charge is 0.329 e. The van der Waals surface area contributed by atoms with E-state index in [1.54, 1.807) is 0 Å². The molecule has 30 heavy (non-hydrogen) atoms. The molecule has 11 nitrogen and oxygen atoms in total. The SMILES string of the molecule is CC(C)OCCOCCOCCOCCOCCOCCNC(=O)COCC(=O)O. The number of carboxylic acids is 1. The first-order valence-corrected chi connectivity index (χ1v) is 10.1. The lowest BCUT2D eigenvalue weighted by atomic mass is 10.5. The Balaban J connectivity index is 3.11. The van der Waals surface area contributed by atoms with Gasteiger partial charge in [0, 0.05) is 6.54 Å². The maximum absolute atomic E-state index is 11.3. The summed E-state index contributed by atoms with van der Waals surface area (Å²) in [5, 5.41) is 10.9. The summed E-state index contributed by atoms with van der Waals surface area (Å²) in [6.45, 7) is 8.79. The number of amides is 1. The number of carbonyl (C=O) groups is 2. The van der Waals surface area contributed by atoms with Gasteiger partial charge in [0.05, 0.1) is 78.8 Å². The Morgan fingerprint density at radius 3 is 1.53 bits per heavy atom. The molecule has 0 heterocycles. The van der Waals surface area contributed by atoms with Crippen LogP contribution in [0.1, 0.15) is 13.8 Å². The molecule has 0 aliphatic heterocycles. The summed E-state index contributed by atoms with van der Waals surface area (Å²) in [5.74, 6) is -1.50. The summed E-state index contributed by atoms with van der Waals surface area (Å²) < 4.78 is 36.8. The summed E-state index contributed by atoms with van der Waals surface area (Å²) in [5.41, 5.74) is 0. The summed E-state index contributed by atoms with van der Waals surface area (Å²) >= 11 is 0. The maximum Gasteiger partial charge on any atom is 0.329 e. The molecule has 0 radical (unpaired) electrons. The summed E-state index contributed by atoms with van der Waals surface area (Å²) in [7, 11) is 0. The van der Waals surface area contributed by atoms with Crippen molar-refractivity contribution in [1.29, 1.82) is 0 Å². The van der Waals surface area contributed by atoms with Crippen molar-refractivity contribution < 1.29 is 47.9 Å². The van der Waals surface area contributed by atoms with Gasteiger partial charge in [-0.05, 0) is 13.8 Å². The largest absolute Gasteiger partial charge is 0.480 e. The summed E-state index contributed by atoms with van der Waals surface area (Å²) in [6.07, 6.45) is 0.220. The molecule has 0 saturated heterocycles. The van der Waals surface area contributed by atoms with Crippen molar-refractivity contribution in [3.63, 3.8) is 0 Å². The van der Waals surface area contributed by atoms with Crippen LogP contribution in [0.3, 0.4) is 0 Å². The number of hydrogen-bond donors (Lipinski definition) is 2. The third kappa shape index (κ3) is 24.7. The molecule has 2 N–H and O–H groups in total. The van der Waals surface area contributed by atoms with Crippen molar-refractivity contribution in [2.45, 2.75) is 20.0 Å². The number of nitrogens with one attached hydrogen (secondary N) is 1. The minimum absolute atomic E-state index is 0.220. The Bertz CT molecular complexity index is 409. The quantitative estimate of drug-likeness (QED) is 0.205. The van der Waals surface area contributed by atoms with Crippen LogP contribution in [0.4, 0.5) is 0 Å². The van der Waals surface area contributed by atoms with Gasteiger partial charge in [-0.1, -0.05) is 0 Å². The zero-order valence-corrected chi connectivity index (χ0v) is 18.1. The fourth-order valence-corrected chi connectivity index (χ4v) is 1.87. The predicted octanol–water partition coefficient (Wildman–Crippen LogP) is -0.288. The van der Waals surface area contributed by atoms with E-state index in [0.717, 1.165) is 0 Å². The van der Waals surface area contributed by atoms with E-state index in [0.29, 0.717) is 79.2 Å². The second-order valence-corrected chi connectivity index (χ2v) is 6.22. The van der Waals surface area contributed by atoms with E-state index in [4.69, 9.17) is 33.5 Å². The molecule has 0 aromatic carbocycles. The van der Waals surface area contributed by atoms with Crippen LogP contribution in [0.2, 0.25) is 0 Å². The van der Waals surface area contributed by atoms with Crippen molar-refractivity contribution in [2.75, 3.05) is 92.4 Å². The molecule has 0 saturated carbocycles. The number of rotatable bonds is 23. The molecule has 1 amide bonds. The van der Waals surface area contributed by atoms with Gasteiger partial charge in [0.1, 0.15) is 13.2 Å². The molecule has 0 atom stereocenters. The van der Waals surface area contributed by atoms with Crippen molar-refractivity contribution >= 4 is 11.9 Å². The highest BCUT2D eigenvalue weighted by Crippen LogP contribution is 1.88. The highest BCUT2D eigenvalue weighted by atomic mass is 16.6. The van der Waals surface area contributed by atoms with E-state index in [-0.39, 0.29) is 18.6 Å². The second kappa shape index (κ2) is 22.3. The zero-order valence-electron chi connectivity index (χ0n) is 18.1. The van der Waals surface area contributed by atoms with Crippen molar-refractivity contribution in [2.24, 2.45) is 0 Å². The first-order chi connectivity index (χ1) is 14.5. The van der Waals surface area contributed by atoms with E-state index in [1.165, 1.54) is 0 Å². The van der Waals surface area contributed by atoms with E-state index in [9.17, 15) is 9.59 Å². The number of hydrogen-bond acceptors (Lipinski definition) is 9. The fraction of sp³-hybridized carbons (Fsp3) is 0.895. The molecule has 0 aromatic heterocycles. The Morgan fingerprint density at radius 2 is 1.10 bits per heavy atom. The Morgan fingerprint density at radius 1 is 0.667 bits per heavy atom. The van der Waals surface area contributed by atoms with E-state index >= 15 is 0 Å². The molecule has 0 fully saturated rings. The molecular formula is C19H37NO10. The van der Waals surface area contributed by atoms with Crippen LogP contribution in [0.5, 0.6) is 0 Å². The zero-order chi connectivity index (χ0) is 22.3. The molecule has 11 heteroatoms. The van der Waals surface area contributed by atoms with Crippen LogP contribution in [0, 0.1) is 0 Å². The highest BCUT2D eigenvalue weighted by Gasteiger charge is 2.03. The third-order valence-electron chi connectivity index (χ3n) is 3.19. The topological polar surface area (TPSA) is 131 Å². The monoisotopic (exact) mass is 439 g/mol. The lowest BCUT2D eigenvalue weighted by molar-refractivity contribution is -0.143. The average Bonchev–Trinajstić information content (AvgIpc) is 2.69. The van der Waals surface area contributed by atoms with E-state index < -0.39 is 12.6 Å². The Hall–Kier alpha value is -1.34. The van der Waals surface area contributed by atoms with Gasteiger partial charge in [-0.25, -0.2) is 4.79 Å². The molecule has 0 unspecified atom stereocenters. The van der Waals surface area contributed by atoms with Gasteiger partial charge >= 0.3 is 5.97 Å². The summed E-state index contributed by atoms with van der Waals surface area (Å²) in [4.78, 5) is 21.5. The predicted molar refractivity (Wildman–Crippen MR) is 107 cm³/mol. The van der Waals surface area contributed by atoms with E-state index in [2.05, 4.69) is 10.1 Å². The number of ether oxygens (including phenoxy) is 7. The normalized spacial score (nSPS) is 11.2. The van der Waals surface area contributed by atoms with Gasteiger partial charge in [-0.3, -0.25) is 4.79 Å². The van der Waals surface area contributed by atoms with Gasteiger partial charge in [-0.15, -0.1) is 0 Å². The number of carboxylic acid groups (broad SMARTS) is 1. The lowest BCUT2D eigenvalue weighted by Gasteiger charge is -2.09. The molecule has 0 aliphatic carbocycles. The van der Waals surface area contributed by atoms with Crippen LogP contribution in [-0.4, -0.2) is 116 Å². The number of carbonyl (C=O) groups excluding carboxylic acids is 1. The van der Waals surface area contributed by atoms with Crippen LogP contribution >= 0.6 is 0 Å². The van der Waals surface area contributed by atoms with Gasteiger partial charge in [0.25, 0.3) is 0 Å². The number of aliphatic carboxylic acids is 1. The van der Waals surface area contributed by atoms with Crippen LogP contribution in [0.15, 0.2) is 0 Å². The molecule has 0 aromatic rings. The molecular weight excluding hydrogens is 402 g/mol. The van der Waals surface area contributed by atoms with Gasteiger partial charge < -0.3 is 43.6 Å². The van der Waals surface area contributed by atoms with E-state index in [1.807, 2.05) is 13.8 Å². The first kappa shape index (κ1) is 28.7. The molecule has 0 aliphatic rings. The molecule has 0 spiro atoms. The summed E-state index contributed by atoms with van der Waals surface area (Å²) in [6, 6.07) is 0. The molecule has 178 valence electrons. The van der Waals surface area contributed by atoms with Gasteiger partial charge in [0.2, 0.25) is 5.91 Å². The van der Waals surface area contributed by atoms with Gasteiger partial charge in [-0.2, -0.15) is 0 Å². The van der Waals surface area contributed by atoms with Crippen LogP contribution in [0.25, 0.3) is 0 Å². The van der Waals surface area contributed by atoms with Crippen LogP contribution < -0.4 is 5.32 Å². The third-order valence-corrected chi connectivity index (χ3v) is 3.19. The average molecular weight is 440 g/mol. The second-order valence-electron chi connectivity index (χ2n) is 6.22. The van der Waals surface area contributed by atoms with Crippen molar-refractivity contribution in [3.8, 4) is 0 Å². The van der Waals surface area contributed by atoms with Crippen molar-refractivity contribution in [1.82, 2.24) is 5.32 Å². The van der Waals surface area contributed by atoms with Gasteiger partial charge in [0.15, 0.2) is 0 Å². The fourth-order valence-electron chi connectivity index (χ4n) is 1.87. The first-order valence-electron chi connectivity index (χ1n) is 10.1. The maximum atomic E-state index is 11.3. The standard InChI is InChI=1S/C19H37NO10/c1-17(2)30-14-13-28-12-11-27-10-9-26-8-7-25-6-5-24-4-3-20-18(21)15-29-16-19(22)23/h17H,3-16H2,1-2H3,(H,20,21)(H,22,23). The highest BCUT2D eigenvalue weighted by molar-refractivity contribution is 5.77. The lowest BCUT2D eigenvalue weighted by Crippen LogP contribution is -2.31. The molecule has 0 bridgehead atoms.